The van der Waals surface area contributed by atoms with Crippen LogP contribution in [0.4, 0.5) is 0 Å². The fraction of sp³-hybridized carbons (Fsp3) is 0.350. The van der Waals surface area contributed by atoms with E-state index in [-0.39, 0.29) is 5.91 Å². The van der Waals surface area contributed by atoms with Crippen LogP contribution in [-0.4, -0.2) is 32.8 Å². The van der Waals surface area contributed by atoms with Crippen LogP contribution in [0.5, 0.6) is 11.5 Å². The third-order valence-electron chi connectivity index (χ3n) is 3.89. The minimum atomic E-state index is -0.524. The average molecular weight is 343 g/mol. The Bertz CT molecular complexity index is 687. The number of carbonyl (C=O) groups is 1. The van der Waals surface area contributed by atoms with Crippen LogP contribution >= 0.6 is 0 Å². The second-order valence-electron chi connectivity index (χ2n) is 5.66. The van der Waals surface area contributed by atoms with Gasteiger partial charge >= 0.3 is 0 Å². The molecule has 0 aliphatic carbocycles. The Morgan fingerprint density at radius 1 is 1.08 bits per heavy atom. The predicted octanol–water partition coefficient (Wildman–Crippen LogP) is 2.97. The summed E-state index contributed by atoms with van der Waals surface area (Å²) in [7, 11) is 3.27. The number of hydrogen-bond acceptors (Lipinski definition) is 4. The van der Waals surface area contributed by atoms with Crippen molar-refractivity contribution >= 4 is 5.91 Å². The van der Waals surface area contributed by atoms with Crippen molar-refractivity contribution in [3.8, 4) is 11.5 Å². The first-order chi connectivity index (χ1) is 12.1. The van der Waals surface area contributed by atoms with Gasteiger partial charge < -0.3 is 19.5 Å². The van der Waals surface area contributed by atoms with Gasteiger partial charge in [-0.15, -0.1) is 0 Å². The van der Waals surface area contributed by atoms with Gasteiger partial charge in [0.1, 0.15) is 17.6 Å². The van der Waals surface area contributed by atoms with E-state index in [4.69, 9.17) is 14.2 Å². The number of amides is 1. The Kier molecular flexibility index (Phi) is 7.29. The monoisotopic (exact) mass is 343 g/mol. The van der Waals surface area contributed by atoms with E-state index in [2.05, 4.69) is 5.32 Å². The maximum atomic E-state index is 12.1. The summed E-state index contributed by atoms with van der Waals surface area (Å²) < 4.78 is 16.1. The molecule has 0 aliphatic heterocycles. The highest BCUT2D eigenvalue weighted by atomic mass is 16.5. The van der Waals surface area contributed by atoms with Crippen LogP contribution in [0.25, 0.3) is 0 Å². The molecular weight excluding hydrogens is 318 g/mol. The molecule has 0 fully saturated rings. The molecular formula is C20H25NO4. The molecule has 2 rings (SSSR count). The Morgan fingerprint density at radius 2 is 1.88 bits per heavy atom. The molecule has 0 aromatic heterocycles. The summed E-state index contributed by atoms with van der Waals surface area (Å²) in [5, 5.41) is 2.90. The summed E-state index contributed by atoms with van der Waals surface area (Å²) in [6, 6.07) is 15.4. The highest BCUT2D eigenvalue weighted by Gasteiger charge is 2.13. The summed E-state index contributed by atoms with van der Waals surface area (Å²) in [4.78, 5) is 12.1. The highest BCUT2D eigenvalue weighted by molar-refractivity contribution is 5.80. The van der Waals surface area contributed by atoms with E-state index in [1.165, 1.54) is 0 Å². The normalized spacial score (nSPS) is 11.6. The maximum Gasteiger partial charge on any atom is 0.248 e. The van der Waals surface area contributed by atoms with Crippen molar-refractivity contribution in [3.05, 3.63) is 59.7 Å². The topological polar surface area (TPSA) is 56.8 Å². The zero-order chi connectivity index (χ0) is 18.1. The molecule has 1 unspecified atom stereocenters. The Balaban J connectivity index is 1.76. The Morgan fingerprint density at radius 3 is 2.64 bits per heavy atom. The second kappa shape index (κ2) is 9.69. The molecule has 25 heavy (non-hydrogen) atoms. The maximum absolute atomic E-state index is 12.1. The van der Waals surface area contributed by atoms with E-state index in [0.717, 1.165) is 22.6 Å². The number of rotatable bonds is 9. The average Bonchev–Trinajstić information content (AvgIpc) is 2.66. The number of carbonyl (C=O) groups excluding carboxylic acids is 1. The molecule has 134 valence electrons. The van der Waals surface area contributed by atoms with Gasteiger partial charge in [0.2, 0.25) is 5.91 Å². The molecule has 0 radical (unpaired) electrons. The van der Waals surface area contributed by atoms with Gasteiger partial charge in [-0.05, 0) is 42.7 Å². The number of benzene rings is 2. The first-order valence-corrected chi connectivity index (χ1v) is 8.28. The van der Waals surface area contributed by atoms with E-state index in [0.29, 0.717) is 19.6 Å². The molecule has 1 atom stereocenters. The SMILES string of the molecule is COc1cccc(COC(C)C(=O)NCCc2ccccc2OC)c1. The van der Waals surface area contributed by atoms with Gasteiger partial charge in [-0.1, -0.05) is 30.3 Å². The van der Waals surface area contributed by atoms with Crippen LogP contribution in [0.2, 0.25) is 0 Å². The van der Waals surface area contributed by atoms with Crippen molar-refractivity contribution in [2.45, 2.75) is 26.1 Å². The quantitative estimate of drug-likeness (QED) is 0.760. The molecule has 1 amide bonds. The molecule has 0 heterocycles. The first kappa shape index (κ1) is 18.8. The van der Waals surface area contributed by atoms with Crippen LogP contribution in [0.3, 0.4) is 0 Å². The lowest BCUT2D eigenvalue weighted by molar-refractivity contribution is -0.132. The molecule has 0 saturated heterocycles. The second-order valence-corrected chi connectivity index (χ2v) is 5.66. The molecule has 2 aromatic carbocycles. The smallest absolute Gasteiger partial charge is 0.248 e. The number of ether oxygens (including phenoxy) is 3. The van der Waals surface area contributed by atoms with Gasteiger partial charge in [-0.25, -0.2) is 0 Å². The zero-order valence-corrected chi connectivity index (χ0v) is 15.0. The molecule has 5 nitrogen and oxygen atoms in total. The van der Waals surface area contributed by atoms with Gasteiger partial charge in [0.05, 0.1) is 20.8 Å². The standard InChI is InChI=1S/C20H25NO4/c1-15(25-14-16-7-6-9-18(13-16)23-2)20(22)21-12-11-17-8-4-5-10-19(17)24-3/h4-10,13,15H,11-12,14H2,1-3H3,(H,21,22). The molecule has 1 N–H and O–H groups in total. The van der Waals surface area contributed by atoms with E-state index in [1.54, 1.807) is 21.1 Å². The van der Waals surface area contributed by atoms with Gasteiger partial charge in [0.25, 0.3) is 0 Å². The van der Waals surface area contributed by atoms with E-state index >= 15 is 0 Å². The van der Waals surface area contributed by atoms with Gasteiger partial charge in [0, 0.05) is 6.54 Å². The van der Waals surface area contributed by atoms with Crippen molar-refractivity contribution in [1.82, 2.24) is 5.32 Å². The molecule has 0 aliphatic rings. The first-order valence-electron chi connectivity index (χ1n) is 8.28. The van der Waals surface area contributed by atoms with Crippen LogP contribution in [-0.2, 0) is 22.6 Å². The summed E-state index contributed by atoms with van der Waals surface area (Å²) in [6.07, 6.45) is 0.183. The lowest BCUT2D eigenvalue weighted by atomic mass is 10.1. The largest absolute Gasteiger partial charge is 0.497 e. The predicted molar refractivity (Wildman–Crippen MR) is 97.0 cm³/mol. The van der Waals surface area contributed by atoms with Crippen LogP contribution in [0, 0.1) is 0 Å². The minimum Gasteiger partial charge on any atom is -0.497 e. The summed E-state index contributed by atoms with van der Waals surface area (Å²) in [6.45, 7) is 2.64. The van der Waals surface area contributed by atoms with Crippen molar-refractivity contribution in [2.75, 3.05) is 20.8 Å². The van der Waals surface area contributed by atoms with Gasteiger partial charge in [-0.2, -0.15) is 0 Å². The van der Waals surface area contributed by atoms with Crippen LogP contribution in [0.15, 0.2) is 48.5 Å². The van der Waals surface area contributed by atoms with Crippen molar-refractivity contribution in [3.63, 3.8) is 0 Å². The van der Waals surface area contributed by atoms with Crippen molar-refractivity contribution in [1.29, 1.82) is 0 Å². The fourth-order valence-corrected chi connectivity index (χ4v) is 2.43. The van der Waals surface area contributed by atoms with Crippen molar-refractivity contribution < 1.29 is 19.0 Å². The number of methoxy groups -OCH3 is 2. The summed E-state index contributed by atoms with van der Waals surface area (Å²) in [5.74, 6) is 1.48. The third kappa shape index (κ3) is 5.80. The molecule has 0 spiro atoms. The Hall–Kier alpha value is -2.53. The lowest BCUT2D eigenvalue weighted by Gasteiger charge is -2.14. The number of para-hydroxylation sites is 1. The van der Waals surface area contributed by atoms with E-state index < -0.39 is 6.10 Å². The summed E-state index contributed by atoms with van der Waals surface area (Å²) in [5.41, 5.74) is 2.03. The molecule has 5 heteroatoms. The third-order valence-corrected chi connectivity index (χ3v) is 3.89. The fourth-order valence-electron chi connectivity index (χ4n) is 2.43. The minimum absolute atomic E-state index is 0.127. The van der Waals surface area contributed by atoms with E-state index in [1.807, 2.05) is 48.5 Å². The van der Waals surface area contributed by atoms with Gasteiger partial charge in [-0.3, -0.25) is 4.79 Å². The molecule has 2 aromatic rings. The highest BCUT2D eigenvalue weighted by Crippen LogP contribution is 2.17. The molecule has 0 bridgehead atoms. The zero-order valence-electron chi connectivity index (χ0n) is 15.0. The number of nitrogens with one attached hydrogen (secondary N) is 1. The molecule has 0 saturated carbocycles. The lowest BCUT2D eigenvalue weighted by Crippen LogP contribution is -2.35. The van der Waals surface area contributed by atoms with Crippen LogP contribution in [0.1, 0.15) is 18.1 Å². The summed E-state index contributed by atoms with van der Waals surface area (Å²) >= 11 is 0. The number of hydrogen-bond donors (Lipinski definition) is 1. The van der Waals surface area contributed by atoms with Crippen molar-refractivity contribution in [2.24, 2.45) is 0 Å². The van der Waals surface area contributed by atoms with E-state index in [9.17, 15) is 4.79 Å². The van der Waals surface area contributed by atoms with Crippen LogP contribution < -0.4 is 14.8 Å². The Labute approximate surface area is 148 Å². The van der Waals surface area contributed by atoms with Gasteiger partial charge in [0.15, 0.2) is 0 Å².